The number of piperidine rings is 1. The van der Waals surface area contributed by atoms with Crippen molar-refractivity contribution in [2.75, 3.05) is 13.1 Å². The summed E-state index contributed by atoms with van der Waals surface area (Å²) in [6.45, 7) is 1.86. The number of benzene rings is 2. The van der Waals surface area contributed by atoms with E-state index in [0.717, 1.165) is 48.1 Å². The number of amides is 1. The molecule has 0 atom stereocenters. The summed E-state index contributed by atoms with van der Waals surface area (Å²) in [6, 6.07) is 19.5. The Hall–Kier alpha value is -2.98. The number of nitrogens with one attached hydrogen (secondary N) is 2. The average Bonchev–Trinajstić information content (AvgIpc) is 2.73. The molecular formula is C22H21N3O. The van der Waals surface area contributed by atoms with Gasteiger partial charge < -0.3 is 10.6 Å². The van der Waals surface area contributed by atoms with Crippen LogP contribution in [0.25, 0.3) is 16.6 Å². The smallest absolute Gasteiger partial charge is 0.255 e. The number of para-hydroxylation sites is 1. The molecule has 2 heterocycles. The molecule has 4 heteroatoms. The van der Waals surface area contributed by atoms with Crippen molar-refractivity contribution in [3.8, 4) is 0 Å². The second kappa shape index (κ2) is 7.50. The Kier molecular flexibility index (Phi) is 4.75. The van der Waals surface area contributed by atoms with Gasteiger partial charge in [-0.25, -0.2) is 0 Å². The molecule has 0 radical (unpaired) electrons. The van der Waals surface area contributed by atoms with Crippen LogP contribution in [0, 0.1) is 0 Å². The Morgan fingerprint density at radius 1 is 0.923 bits per heavy atom. The van der Waals surface area contributed by atoms with Crippen LogP contribution in [0.1, 0.15) is 28.8 Å². The summed E-state index contributed by atoms with van der Waals surface area (Å²) in [5, 5.41) is 7.64. The first-order chi connectivity index (χ1) is 12.8. The van der Waals surface area contributed by atoms with E-state index in [0.29, 0.717) is 5.56 Å². The maximum atomic E-state index is 12.8. The number of rotatable bonds is 3. The highest BCUT2D eigenvalue weighted by Crippen LogP contribution is 2.28. The van der Waals surface area contributed by atoms with Crippen molar-refractivity contribution in [1.82, 2.24) is 15.6 Å². The standard InChI is InChI=1S/C22H21N3O/c26-22(18-6-2-1-3-7-18)25-21(17-11-14-23-15-12-17)19-10-4-8-16-9-5-13-24-20(16)19/h1-10,13,23H,11-12,14-15H2,(H,25,26). The fraction of sp³-hybridized carbons (Fsp3) is 0.182. The molecule has 0 bridgehead atoms. The summed E-state index contributed by atoms with van der Waals surface area (Å²) in [4.78, 5) is 17.4. The van der Waals surface area contributed by atoms with Gasteiger partial charge >= 0.3 is 0 Å². The van der Waals surface area contributed by atoms with Crippen LogP contribution in [0.15, 0.2) is 72.4 Å². The molecule has 0 unspecified atom stereocenters. The number of pyridine rings is 1. The highest BCUT2D eigenvalue weighted by atomic mass is 16.1. The quantitative estimate of drug-likeness (QED) is 0.761. The zero-order valence-electron chi connectivity index (χ0n) is 14.5. The third-order valence-electron chi connectivity index (χ3n) is 4.74. The molecule has 2 aromatic carbocycles. The molecule has 1 aliphatic heterocycles. The minimum atomic E-state index is -0.0837. The van der Waals surface area contributed by atoms with E-state index in [1.807, 2.05) is 48.5 Å². The average molecular weight is 343 g/mol. The summed E-state index contributed by atoms with van der Waals surface area (Å²) >= 11 is 0. The van der Waals surface area contributed by atoms with E-state index < -0.39 is 0 Å². The van der Waals surface area contributed by atoms with Crippen molar-refractivity contribution in [1.29, 1.82) is 0 Å². The summed E-state index contributed by atoms with van der Waals surface area (Å²) in [6.07, 6.45) is 3.65. The topological polar surface area (TPSA) is 54.0 Å². The van der Waals surface area contributed by atoms with E-state index >= 15 is 0 Å². The summed E-state index contributed by atoms with van der Waals surface area (Å²) < 4.78 is 0. The maximum Gasteiger partial charge on any atom is 0.255 e. The number of hydrogen-bond acceptors (Lipinski definition) is 3. The van der Waals surface area contributed by atoms with Gasteiger partial charge in [-0.2, -0.15) is 0 Å². The molecule has 0 aliphatic carbocycles. The number of carbonyl (C=O) groups excluding carboxylic acids is 1. The molecule has 1 fully saturated rings. The van der Waals surface area contributed by atoms with Crippen molar-refractivity contribution < 1.29 is 4.79 Å². The molecule has 1 amide bonds. The van der Waals surface area contributed by atoms with E-state index in [4.69, 9.17) is 0 Å². The van der Waals surface area contributed by atoms with Gasteiger partial charge in [0.05, 0.1) is 5.52 Å². The first kappa shape index (κ1) is 16.5. The molecular weight excluding hydrogens is 322 g/mol. The van der Waals surface area contributed by atoms with Crippen LogP contribution in [0.4, 0.5) is 0 Å². The van der Waals surface area contributed by atoms with Crippen molar-refractivity contribution in [2.45, 2.75) is 12.8 Å². The lowest BCUT2D eigenvalue weighted by molar-refractivity contribution is 0.0973. The predicted octanol–water partition coefficient (Wildman–Crippen LogP) is 3.76. The summed E-state index contributed by atoms with van der Waals surface area (Å²) in [5.41, 5.74) is 4.75. The van der Waals surface area contributed by atoms with Crippen LogP contribution in [0.3, 0.4) is 0 Å². The van der Waals surface area contributed by atoms with Crippen molar-refractivity contribution in [3.63, 3.8) is 0 Å². The number of aromatic nitrogens is 1. The predicted molar refractivity (Wildman–Crippen MR) is 105 cm³/mol. The zero-order chi connectivity index (χ0) is 17.8. The molecule has 130 valence electrons. The van der Waals surface area contributed by atoms with E-state index in [1.165, 1.54) is 5.57 Å². The zero-order valence-corrected chi connectivity index (χ0v) is 14.5. The molecule has 1 aliphatic rings. The second-order valence-corrected chi connectivity index (χ2v) is 6.43. The Morgan fingerprint density at radius 3 is 2.50 bits per heavy atom. The van der Waals surface area contributed by atoms with Crippen LogP contribution < -0.4 is 10.6 Å². The maximum absolute atomic E-state index is 12.8. The van der Waals surface area contributed by atoms with Gasteiger partial charge in [0.15, 0.2) is 0 Å². The molecule has 0 saturated carbocycles. The van der Waals surface area contributed by atoms with Gasteiger partial charge in [0.25, 0.3) is 5.91 Å². The third kappa shape index (κ3) is 3.37. The minimum absolute atomic E-state index is 0.0837. The Bertz CT molecular complexity index is 950. The lowest BCUT2D eigenvalue weighted by Crippen LogP contribution is -2.28. The molecule has 3 aromatic rings. The molecule has 2 N–H and O–H groups in total. The molecule has 1 saturated heterocycles. The van der Waals surface area contributed by atoms with Gasteiger partial charge in [0.1, 0.15) is 0 Å². The lowest BCUT2D eigenvalue weighted by atomic mass is 9.96. The molecule has 1 aromatic heterocycles. The van der Waals surface area contributed by atoms with Crippen LogP contribution in [0.5, 0.6) is 0 Å². The van der Waals surface area contributed by atoms with Gasteiger partial charge in [0.2, 0.25) is 0 Å². The number of carbonyl (C=O) groups is 1. The molecule has 26 heavy (non-hydrogen) atoms. The summed E-state index contributed by atoms with van der Waals surface area (Å²) in [7, 11) is 0. The fourth-order valence-corrected chi connectivity index (χ4v) is 3.41. The molecule has 4 nitrogen and oxygen atoms in total. The van der Waals surface area contributed by atoms with E-state index in [2.05, 4.69) is 27.8 Å². The Balaban J connectivity index is 1.80. The number of nitrogens with zero attached hydrogens (tertiary/aromatic N) is 1. The second-order valence-electron chi connectivity index (χ2n) is 6.43. The van der Waals surface area contributed by atoms with Gasteiger partial charge in [-0.15, -0.1) is 0 Å². The van der Waals surface area contributed by atoms with Crippen LogP contribution >= 0.6 is 0 Å². The largest absolute Gasteiger partial charge is 0.321 e. The SMILES string of the molecule is O=C(NC(=C1CCNCC1)c1cccc2cccnc12)c1ccccc1. The lowest BCUT2D eigenvalue weighted by Gasteiger charge is -2.22. The van der Waals surface area contributed by atoms with Crippen molar-refractivity contribution >= 4 is 22.5 Å². The van der Waals surface area contributed by atoms with Gasteiger partial charge in [-0.1, -0.05) is 42.5 Å². The minimum Gasteiger partial charge on any atom is -0.321 e. The summed E-state index contributed by atoms with van der Waals surface area (Å²) in [5.74, 6) is -0.0837. The van der Waals surface area contributed by atoms with Gasteiger partial charge in [-0.05, 0) is 49.7 Å². The Labute approximate surface area is 153 Å². The van der Waals surface area contributed by atoms with Crippen LogP contribution in [-0.4, -0.2) is 24.0 Å². The monoisotopic (exact) mass is 343 g/mol. The van der Waals surface area contributed by atoms with E-state index in [1.54, 1.807) is 6.20 Å². The normalized spacial score (nSPS) is 14.2. The highest BCUT2D eigenvalue weighted by molar-refractivity contribution is 6.02. The van der Waals surface area contributed by atoms with Crippen LogP contribution in [-0.2, 0) is 0 Å². The fourth-order valence-electron chi connectivity index (χ4n) is 3.41. The van der Waals surface area contributed by atoms with E-state index in [9.17, 15) is 4.79 Å². The van der Waals surface area contributed by atoms with E-state index in [-0.39, 0.29) is 5.91 Å². The van der Waals surface area contributed by atoms with Gasteiger partial charge in [-0.3, -0.25) is 9.78 Å². The highest BCUT2D eigenvalue weighted by Gasteiger charge is 2.18. The number of hydrogen-bond donors (Lipinski definition) is 2. The first-order valence-electron chi connectivity index (χ1n) is 8.96. The van der Waals surface area contributed by atoms with Crippen LogP contribution in [0.2, 0.25) is 0 Å². The Morgan fingerprint density at radius 2 is 1.69 bits per heavy atom. The molecule has 4 rings (SSSR count). The van der Waals surface area contributed by atoms with Crippen molar-refractivity contribution in [3.05, 3.63) is 83.6 Å². The molecule has 0 spiro atoms. The third-order valence-corrected chi connectivity index (χ3v) is 4.74. The first-order valence-corrected chi connectivity index (χ1v) is 8.96. The number of fused-ring (bicyclic) bond motifs is 1. The van der Waals surface area contributed by atoms with Crippen molar-refractivity contribution in [2.24, 2.45) is 0 Å². The van der Waals surface area contributed by atoms with Gasteiger partial charge in [0, 0.05) is 28.4 Å².